The van der Waals surface area contributed by atoms with E-state index in [2.05, 4.69) is 6.08 Å². The Balaban J connectivity index is 1.66. The standard InChI is InChI=1S/C16H19NO5S2/c1-24(19,20)21-11-15-10-17(16(18)22-15)14-4-2-12(3-5-14)13-6-8-23-9-7-13/h2-6,15H,7-11H2,1H3/t15-/m1/s1. The van der Waals surface area contributed by atoms with Gasteiger partial charge in [-0.2, -0.15) is 20.2 Å². The molecule has 24 heavy (non-hydrogen) atoms. The maximum absolute atomic E-state index is 12.0. The molecular formula is C16H19NO5S2. The summed E-state index contributed by atoms with van der Waals surface area (Å²) in [6, 6.07) is 7.79. The molecule has 0 N–H and O–H groups in total. The second kappa shape index (κ2) is 7.16. The minimum absolute atomic E-state index is 0.163. The number of benzene rings is 1. The van der Waals surface area contributed by atoms with E-state index in [0.29, 0.717) is 0 Å². The summed E-state index contributed by atoms with van der Waals surface area (Å²) in [6.45, 7) is 0.108. The zero-order chi connectivity index (χ0) is 17.2. The van der Waals surface area contributed by atoms with Crippen LogP contribution >= 0.6 is 11.8 Å². The highest BCUT2D eigenvalue weighted by molar-refractivity contribution is 7.99. The second-order valence-electron chi connectivity index (χ2n) is 5.71. The quantitative estimate of drug-likeness (QED) is 0.743. The molecule has 0 aliphatic carbocycles. The summed E-state index contributed by atoms with van der Waals surface area (Å²) in [6.07, 6.45) is 3.19. The van der Waals surface area contributed by atoms with E-state index in [-0.39, 0.29) is 13.2 Å². The van der Waals surface area contributed by atoms with Crippen molar-refractivity contribution in [2.75, 3.05) is 35.8 Å². The topological polar surface area (TPSA) is 72.9 Å². The van der Waals surface area contributed by atoms with Gasteiger partial charge < -0.3 is 4.74 Å². The number of carbonyl (C=O) groups excluding carboxylic acids is 1. The van der Waals surface area contributed by atoms with Crippen molar-refractivity contribution in [2.45, 2.75) is 12.5 Å². The first kappa shape index (κ1) is 17.3. The Morgan fingerprint density at radius 1 is 1.33 bits per heavy atom. The summed E-state index contributed by atoms with van der Waals surface area (Å²) in [4.78, 5) is 13.5. The van der Waals surface area contributed by atoms with Gasteiger partial charge in [-0.05, 0) is 35.4 Å². The van der Waals surface area contributed by atoms with E-state index in [0.717, 1.165) is 29.9 Å². The monoisotopic (exact) mass is 369 g/mol. The molecule has 1 amide bonds. The minimum atomic E-state index is -3.55. The molecule has 1 aromatic carbocycles. The van der Waals surface area contributed by atoms with Gasteiger partial charge in [0.05, 0.1) is 12.8 Å². The van der Waals surface area contributed by atoms with Crippen LogP contribution in [0.25, 0.3) is 5.57 Å². The smallest absolute Gasteiger partial charge is 0.414 e. The number of carbonyl (C=O) groups is 1. The van der Waals surface area contributed by atoms with Crippen molar-refractivity contribution in [3.05, 3.63) is 35.9 Å². The van der Waals surface area contributed by atoms with Crippen LogP contribution in [0.15, 0.2) is 30.3 Å². The zero-order valence-electron chi connectivity index (χ0n) is 13.3. The van der Waals surface area contributed by atoms with E-state index in [1.165, 1.54) is 16.0 Å². The summed E-state index contributed by atoms with van der Waals surface area (Å²) in [7, 11) is -3.55. The summed E-state index contributed by atoms with van der Waals surface area (Å²) in [5.41, 5.74) is 3.24. The molecule has 1 atom stereocenters. The molecule has 3 rings (SSSR count). The fourth-order valence-electron chi connectivity index (χ4n) is 2.66. The Labute approximate surface area is 145 Å². The molecule has 0 aromatic heterocycles. The first-order chi connectivity index (χ1) is 11.4. The lowest BCUT2D eigenvalue weighted by Crippen LogP contribution is -2.26. The fraction of sp³-hybridized carbons (Fsp3) is 0.438. The SMILES string of the molecule is CS(=O)(=O)OC[C@H]1CN(c2ccc(C3=CCSCC3)cc2)C(=O)O1. The summed E-state index contributed by atoms with van der Waals surface area (Å²) >= 11 is 1.92. The molecule has 0 unspecified atom stereocenters. The third-order valence-electron chi connectivity index (χ3n) is 3.86. The molecule has 1 saturated heterocycles. The molecule has 0 saturated carbocycles. The van der Waals surface area contributed by atoms with Crippen LogP contribution in [0.1, 0.15) is 12.0 Å². The lowest BCUT2D eigenvalue weighted by atomic mass is 10.0. The van der Waals surface area contributed by atoms with Gasteiger partial charge in [0.25, 0.3) is 10.1 Å². The van der Waals surface area contributed by atoms with Gasteiger partial charge in [0, 0.05) is 11.4 Å². The van der Waals surface area contributed by atoms with Crippen molar-refractivity contribution in [1.82, 2.24) is 0 Å². The Kier molecular flexibility index (Phi) is 5.17. The summed E-state index contributed by atoms with van der Waals surface area (Å²) in [5, 5.41) is 0. The van der Waals surface area contributed by atoms with Gasteiger partial charge in [-0.1, -0.05) is 18.2 Å². The fourth-order valence-corrected chi connectivity index (χ4v) is 3.91. The lowest BCUT2D eigenvalue weighted by Gasteiger charge is -2.16. The number of hydrogen-bond acceptors (Lipinski definition) is 6. The van der Waals surface area contributed by atoms with Gasteiger partial charge in [0.15, 0.2) is 0 Å². The van der Waals surface area contributed by atoms with Crippen LogP contribution in [0, 0.1) is 0 Å². The van der Waals surface area contributed by atoms with Crippen molar-refractivity contribution in [3.63, 3.8) is 0 Å². The van der Waals surface area contributed by atoms with E-state index >= 15 is 0 Å². The van der Waals surface area contributed by atoms with Gasteiger partial charge in [-0.3, -0.25) is 9.08 Å². The molecule has 8 heteroatoms. The van der Waals surface area contributed by atoms with E-state index in [1.54, 1.807) is 0 Å². The summed E-state index contributed by atoms with van der Waals surface area (Å²) < 4.78 is 31.9. The summed E-state index contributed by atoms with van der Waals surface area (Å²) in [5.74, 6) is 2.17. The van der Waals surface area contributed by atoms with E-state index in [1.807, 2.05) is 36.0 Å². The average Bonchev–Trinajstić information content (AvgIpc) is 2.94. The number of allylic oxidation sites excluding steroid dienone is 1. The van der Waals surface area contributed by atoms with Crippen LogP contribution in [0.2, 0.25) is 0 Å². The number of amides is 1. The van der Waals surface area contributed by atoms with E-state index in [4.69, 9.17) is 8.92 Å². The predicted molar refractivity (Wildman–Crippen MR) is 94.8 cm³/mol. The van der Waals surface area contributed by atoms with Gasteiger partial charge >= 0.3 is 6.09 Å². The van der Waals surface area contributed by atoms with Crippen LogP contribution < -0.4 is 4.90 Å². The minimum Gasteiger partial charge on any atom is -0.441 e. The molecule has 2 aliphatic rings. The highest BCUT2D eigenvalue weighted by atomic mass is 32.2. The third kappa shape index (κ3) is 4.31. The van der Waals surface area contributed by atoms with Crippen molar-refractivity contribution in [3.8, 4) is 0 Å². The van der Waals surface area contributed by atoms with Crippen LogP contribution in [0.5, 0.6) is 0 Å². The lowest BCUT2D eigenvalue weighted by molar-refractivity contribution is 0.107. The van der Waals surface area contributed by atoms with Crippen molar-refractivity contribution in [1.29, 1.82) is 0 Å². The first-order valence-electron chi connectivity index (χ1n) is 7.62. The zero-order valence-corrected chi connectivity index (χ0v) is 14.9. The van der Waals surface area contributed by atoms with Crippen molar-refractivity contribution in [2.24, 2.45) is 0 Å². The second-order valence-corrected chi connectivity index (χ2v) is 8.50. The van der Waals surface area contributed by atoms with E-state index < -0.39 is 22.3 Å². The molecule has 1 fully saturated rings. The molecule has 6 nitrogen and oxygen atoms in total. The number of anilines is 1. The van der Waals surface area contributed by atoms with Gasteiger partial charge in [-0.25, -0.2) is 4.79 Å². The highest BCUT2D eigenvalue weighted by Gasteiger charge is 2.33. The maximum Gasteiger partial charge on any atom is 0.414 e. The third-order valence-corrected chi connectivity index (χ3v) is 5.31. The number of nitrogens with zero attached hydrogens (tertiary/aromatic N) is 1. The van der Waals surface area contributed by atoms with Crippen molar-refractivity contribution >= 4 is 39.2 Å². The molecule has 2 aliphatic heterocycles. The Morgan fingerprint density at radius 2 is 2.08 bits per heavy atom. The molecule has 0 spiro atoms. The molecule has 0 bridgehead atoms. The number of rotatable bonds is 5. The predicted octanol–water partition coefficient (Wildman–Crippen LogP) is 2.51. The van der Waals surface area contributed by atoms with Crippen LogP contribution in [-0.2, 0) is 19.0 Å². The number of cyclic esters (lactones) is 1. The molecule has 1 aromatic rings. The number of hydrogen-bond donors (Lipinski definition) is 0. The molecule has 0 radical (unpaired) electrons. The Hall–Kier alpha value is -1.51. The van der Waals surface area contributed by atoms with E-state index in [9.17, 15) is 13.2 Å². The Bertz CT molecular complexity index is 742. The first-order valence-corrected chi connectivity index (χ1v) is 10.6. The largest absolute Gasteiger partial charge is 0.441 e. The van der Waals surface area contributed by atoms with Crippen LogP contribution in [0.4, 0.5) is 10.5 Å². The maximum atomic E-state index is 12.0. The number of thioether (sulfide) groups is 1. The average molecular weight is 369 g/mol. The normalized spacial score (nSPS) is 21.5. The van der Waals surface area contributed by atoms with Gasteiger partial charge in [0.2, 0.25) is 0 Å². The molecule has 2 heterocycles. The Morgan fingerprint density at radius 3 is 2.71 bits per heavy atom. The molecular weight excluding hydrogens is 350 g/mol. The van der Waals surface area contributed by atoms with Gasteiger partial charge in [0.1, 0.15) is 12.7 Å². The van der Waals surface area contributed by atoms with Crippen LogP contribution in [-0.4, -0.2) is 51.5 Å². The van der Waals surface area contributed by atoms with Crippen LogP contribution in [0.3, 0.4) is 0 Å². The highest BCUT2D eigenvalue weighted by Crippen LogP contribution is 2.28. The molecule has 130 valence electrons. The van der Waals surface area contributed by atoms with Gasteiger partial charge in [-0.15, -0.1) is 0 Å². The van der Waals surface area contributed by atoms with Crippen molar-refractivity contribution < 1.29 is 22.1 Å². The number of ether oxygens (including phenoxy) is 1.